The highest BCUT2D eigenvalue weighted by atomic mass is 15.1. The predicted octanol–water partition coefficient (Wildman–Crippen LogP) is 1.59. The second-order valence-corrected chi connectivity index (χ2v) is 4.00. The van der Waals surface area contributed by atoms with Crippen LogP contribution in [0.4, 0.5) is 0 Å². The van der Waals surface area contributed by atoms with Gasteiger partial charge in [0.2, 0.25) is 0 Å². The molecule has 0 aromatic rings. The van der Waals surface area contributed by atoms with Gasteiger partial charge in [-0.15, -0.1) is 0 Å². The fourth-order valence-electron chi connectivity index (χ4n) is 1.58. The molecule has 9 heavy (non-hydrogen) atoms. The summed E-state index contributed by atoms with van der Waals surface area (Å²) in [7, 11) is 4.30. The third kappa shape index (κ3) is 1.45. The number of hydrogen-bond acceptors (Lipinski definition) is 1. The van der Waals surface area contributed by atoms with E-state index in [-0.39, 0.29) is 0 Å². The van der Waals surface area contributed by atoms with Gasteiger partial charge in [0.1, 0.15) is 0 Å². The summed E-state index contributed by atoms with van der Waals surface area (Å²) in [5, 5.41) is 0. The van der Waals surface area contributed by atoms with Gasteiger partial charge in [-0.05, 0) is 31.8 Å². The molecule has 2 atom stereocenters. The van der Waals surface area contributed by atoms with Crippen molar-refractivity contribution in [3.8, 4) is 0 Å². The molecular formula is C8H17N. The van der Waals surface area contributed by atoms with Gasteiger partial charge in [-0.2, -0.15) is 0 Å². The fourth-order valence-corrected chi connectivity index (χ4v) is 1.58. The van der Waals surface area contributed by atoms with Crippen molar-refractivity contribution in [3.05, 3.63) is 0 Å². The van der Waals surface area contributed by atoms with Crippen molar-refractivity contribution in [3.63, 3.8) is 0 Å². The highest BCUT2D eigenvalue weighted by molar-refractivity contribution is 4.97. The first-order chi connectivity index (χ1) is 4.04. The summed E-state index contributed by atoms with van der Waals surface area (Å²) < 4.78 is 0. The van der Waals surface area contributed by atoms with Crippen molar-refractivity contribution in [2.75, 3.05) is 20.6 Å². The number of nitrogens with zero attached hydrogens (tertiary/aromatic N) is 1. The average Bonchev–Trinajstić information content (AvgIpc) is 2.10. The third-order valence-corrected chi connectivity index (χ3v) is 2.48. The topological polar surface area (TPSA) is 3.24 Å². The van der Waals surface area contributed by atoms with Gasteiger partial charge in [-0.1, -0.05) is 13.8 Å². The van der Waals surface area contributed by atoms with Crippen molar-refractivity contribution < 1.29 is 0 Å². The maximum atomic E-state index is 2.37. The molecule has 1 aliphatic carbocycles. The van der Waals surface area contributed by atoms with Gasteiger partial charge in [0.05, 0.1) is 0 Å². The lowest BCUT2D eigenvalue weighted by Crippen LogP contribution is -2.21. The quantitative estimate of drug-likeness (QED) is 0.544. The van der Waals surface area contributed by atoms with E-state index in [0.717, 1.165) is 5.92 Å². The standard InChI is InChI=1S/C8H17N/c1-7-5-8(7,2)6-9(3)4/h7H,5-6H2,1-4H3. The molecule has 0 aromatic carbocycles. The zero-order valence-corrected chi connectivity index (χ0v) is 6.94. The summed E-state index contributed by atoms with van der Waals surface area (Å²) in [5.41, 5.74) is 0.656. The molecule has 1 rings (SSSR count). The minimum atomic E-state index is 0.656. The maximum Gasteiger partial charge on any atom is 0.00319 e. The molecule has 54 valence electrons. The van der Waals surface area contributed by atoms with Crippen LogP contribution in [0.15, 0.2) is 0 Å². The van der Waals surface area contributed by atoms with E-state index in [1.54, 1.807) is 0 Å². The van der Waals surface area contributed by atoms with Crippen LogP contribution in [0.25, 0.3) is 0 Å². The van der Waals surface area contributed by atoms with E-state index in [0.29, 0.717) is 5.41 Å². The molecule has 0 spiro atoms. The Morgan fingerprint density at radius 3 is 2.11 bits per heavy atom. The largest absolute Gasteiger partial charge is 0.309 e. The molecule has 1 fully saturated rings. The van der Waals surface area contributed by atoms with Crippen LogP contribution in [0.2, 0.25) is 0 Å². The Labute approximate surface area is 58.0 Å². The van der Waals surface area contributed by atoms with E-state index in [1.165, 1.54) is 13.0 Å². The lowest BCUT2D eigenvalue weighted by atomic mass is 10.1. The first-order valence-corrected chi connectivity index (χ1v) is 3.69. The molecule has 1 saturated carbocycles. The molecule has 0 bridgehead atoms. The molecule has 0 N–H and O–H groups in total. The fraction of sp³-hybridized carbons (Fsp3) is 1.00. The van der Waals surface area contributed by atoms with Crippen molar-refractivity contribution in [1.82, 2.24) is 4.90 Å². The van der Waals surface area contributed by atoms with E-state index >= 15 is 0 Å². The van der Waals surface area contributed by atoms with Crippen LogP contribution in [0, 0.1) is 11.3 Å². The SMILES string of the molecule is CC1CC1(C)CN(C)C. The Kier molecular flexibility index (Phi) is 1.55. The van der Waals surface area contributed by atoms with E-state index in [1.807, 2.05) is 0 Å². The second-order valence-electron chi connectivity index (χ2n) is 4.00. The summed E-state index contributed by atoms with van der Waals surface area (Å²) in [6.07, 6.45) is 1.42. The Balaban J connectivity index is 2.29. The highest BCUT2D eigenvalue weighted by Gasteiger charge is 2.46. The molecule has 0 saturated heterocycles. The minimum absolute atomic E-state index is 0.656. The van der Waals surface area contributed by atoms with Gasteiger partial charge in [0.25, 0.3) is 0 Å². The summed E-state index contributed by atoms with van der Waals surface area (Å²) in [6.45, 7) is 5.97. The van der Waals surface area contributed by atoms with Crippen LogP contribution in [0.3, 0.4) is 0 Å². The minimum Gasteiger partial charge on any atom is -0.309 e. The summed E-state index contributed by atoms with van der Waals surface area (Å²) in [5.74, 6) is 0.958. The van der Waals surface area contributed by atoms with Crippen LogP contribution < -0.4 is 0 Å². The van der Waals surface area contributed by atoms with Crippen molar-refractivity contribution >= 4 is 0 Å². The van der Waals surface area contributed by atoms with Crippen LogP contribution in [-0.4, -0.2) is 25.5 Å². The normalized spacial score (nSPS) is 41.7. The number of rotatable bonds is 2. The Morgan fingerprint density at radius 1 is 1.56 bits per heavy atom. The molecule has 0 heterocycles. The number of hydrogen-bond donors (Lipinski definition) is 0. The van der Waals surface area contributed by atoms with E-state index in [2.05, 4.69) is 32.8 Å². The molecule has 0 amide bonds. The molecule has 0 aliphatic heterocycles. The summed E-state index contributed by atoms with van der Waals surface area (Å²) in [6, 6.07) is 0. The smallest absolute Gasteiger partial charge is 0.00319 e. The van der Waals surface area contributed by atoms with Crippen LogP contribution in [-0.2, 0) is 0 Å². The van der Waals surface area contributed by atoms with Crippen LogP contribution in [0.1, 0.15) is 20.3 Å². The van der Waals surface area contributed by atoms with Gasteiger partial charge in [0.15, 0.2) is 0 Å². The van der Waals surface area contributed by atoms with Gasteiger partial charge >= 0.3 is 0 Å². The van der Waals surface area contributed by atoms with Crippen molar-refractivity contribution in [1.29, 1.82) is 0 Å². The average molecular weight is 127 g/mol. The lowest BCUT2D eigenvalue weighted by Gasteiger charge is -2.15. The Morgan fingerprint density at radius 2 is 2.00 bits per heavy atom. The van der Waals surface area contributed by atoms with Gasteiger partial charge in [-0.3, -0.25) is 0 Å². The van der Waals surface area contributed by atoms with Crippen molar-refractivity contribution in [2.24, 2.45) is 11.3 Å². The molecule has 1 aliphatic rings. The zero-order chi connectivity index (χ0) is 7.07. The molecule has 0 radical (unpaired) electrons. The Hall–Kier alpha value is -0.0400. The summed E-state index contributed by atoms with van der Waals surface area (Å²) >= 11 is 0. The van der Waals surface area contributed by atoms with E-state index in [4.69, 9.17) is 0 Å². The maximum absolute atomic E-state index is 2.37. The molecular weight excluding hydrogens is 110 g/mol. The molecule has 1 nitrogen and oxygen atoms in total. The first-order valence-electron chi connectivity index (χ1n) is 3.69. The lowest BCUT2D eigenvalue weighted by molar-refractivity contribution is 0.311. The predicted molar refractivity (Wildman–Crippen MR) is 40.4 cm³/mol. The summed E-state index contributed by atoms with van der Waals surface area (Å²) in [4.78, 5) is 2.28. The monoisotopic (exact) mass is 127 g/mol. The first kappa shape index (κ1) is 7.07. The Bertz CT molecular complexity index is 109. The molecule has 2 unspecified atom stereocenters. The van der Waals surface area contributed by atoms with Gasteiger partial charge in [-0.25, -0.2) is 0 Å². The molecule has 1 heteroatoms. The van der Waals surface area contributed by atoms with E-state index in [9.17, 15) is 0 Å². The van der Waals surface area contributed by atoms with Crippen molar-refractivity contribution in [2.45, 2.75) is 20.3 Å². The zero-order valence-electron chi connectivity index (χ0n) is 6.94. The van der Waals surface area contributed by atoms with Crippen LogP contribution >= 0.6 is 0 Å². The highest BCUT2D eigenvalue weighted by Crippen LogP contribution is 2.51. The van der Waals surface area contributed by atoms with Gasteiger partial charge in [0, 0.05) is 6.54 Å². The van der Waals surface area contributed by atoms with E-state index < -0.39 is 0 Å². The second kappa shape index (κ2) is 1.98. The molecule has 0 aromatic heterocycles. The third-order valence-electron chi connectivity index (χ3n) is 2.48. The van der Waals surface area contributed by atoms with Crippen LogP contribution in [0.5, 0.6) is 0 Å². The van der Waals surface area contributed by atoms with Gasteiger partial charge < -0.3 is 4.90 Å².